The van der Waals surface area contributed by atoms with Gasteiger partial charge in [0.2, 0.25) is 0 Å². The molecular formula is C37H30N2OSe. The molecular weight excluding hydrogens is 567 g/mol. The average molecular weight is 598 g/mol. The summed E-state index contributed by atoms with van der Waals surface area (Å²) in [6.45, 7) is 5.75. The fourth-order valence-corrected chi connectivity index (χ4v) is 7.77. The second kappa shape index (κ2) is 10.0. The quantitative estimate of drug-likeness (QED) is 0.213. The summed E-state index contributed by atoms with van der Waals surface area (Å²) in [7, 11) is 0. The Hall–Kier alpha value is -4.21. The number of nitrogens with zero attached hydrogens (tertiary/aromatic N) is 2. The third-order valence-electron chi connectivity index (χ3n) is 7.74. The molecule has 5 aromatic carbocycles. The van der Waals surface area contributed by atoms with Crippen LogP contribution in [0.3, 0.4) is 0 Å². The molecule has 1 N–H and O–H groups in total. The minimum absolute atomic E-state index is 0.238. The van der Waals surface area contributed by atoms with E-state index >= 15 is 0 Å². The van der Waals surface area contributed by atoms with Crippen LogP contribution in [0.4, 0.5) is 17.1 Å². The summed E-state index contributed by atoms with van der Waals surface area (Å²) in [6, 6.07) is 43.1. The van der Waals surface area contributed by atoms with E-state index in [-0.39, 0.29) is 15.0 Å². The fourth-order valence-electron chi connectivity index (χ4n) is 5.55. The summed E-state index contributed by atoms with van der Waals surface area (Å²) < 4.78 is 2.74. The van der Waals surface area contributed by atoms with Crippen LogP contribution in [0.15, 0.2) is 121 Å². The Morgan fingerprint density at radius 3 is 1.88 bits per heavy atom. The van der Waals surface area contributed by atoms with Crippen LogP contribution in [0.25, 0.3) is 33.3 Å². The first-order valence-electron chi connectivity index (χ1n) is 13.9. The van der Waals surface area contributed by atoms with Crippen molar-refractivity contribution in [3.63, 3.8) is 0 Å². The molecule has 200 valence electrons. The van der Waals surface area contributed by atoms with Gasteiger partial charge in [-0.3, -0.25) is 0 Å². The van der Waals surface area contributed by atoms with Gasteiger partial charge in [-0.05, 0) is 13.8 Å². The number of benzene rings is 5. The zero-order valence-corrected chi connectivity index (χ0v) is 25.0. The van der Waals surface area contributed by atoms with Crippen LogP contribution >= 0.6 is 0 Å². The molecule has 1 aliphatic rings. The Labute approximate surface area is 247 Å². The fraction of sp³-hybridized carbons (Fsp3) is 0.108. The maximum atomic E-state index is 10.6. The second-order valence-electron chi connectivity index (χ2n) is 11.1. The maximum absolute atomic E-state index is 10.6. The molecule has 0 saturated carbocycles. The molecule has 0 unspecified atom stereocenters. The first-order chi connectivity index (χ1) is 19.9. The van der Waals surface area contributed by atoms with Crippen molar-refractivity contribution >= 4 is 51.8 Å². The van der Waals surface area contributed by atoms with E-state index in [4.69, 9.17) is 4.98 Å². The molecule has 7 rings (SSSR count). The Balaban J connectivity index is 1.51. The van der Waals surface area contributed by atoms with Gasteiger partial charge in [0.05, 0.1) is 0 Å². The van der Waals surface area contributed by atoms with E-state index in [1.165, 1.54) is 25.9 Å². The number of rotatable bonds is 4. The molecule has 0 aliphatic carbocycles. The Morgan fingerprint density at radius 1 is 0.659 bits per heavy atom. The van der Waals surface area contributed by atoms with Gasteiger partial charge in [-0.25, -0.2) is 0 Å². The SMILES string of the molecule is Cc1ccc(-c2cc(-c3ccc(C(C)(C)O)cc3)c3cccc(N4c5ccccc5[Se]c5ccccc54)c3n2)cc1. The summed E-state index contributed by atoms with van der Waals surface area (Å²) in [5.41, 5.74) is 9.94. The van der Waals surface area contributed by atoms with Gasteiger partial charge in [0.1, 0.15) is 0 Å². The predicted octanol–water partition coefficient (Wildman–Crippen LogP) is 7.54. The molecule has 41 heavy (non-hydrogen) atoms. The molecule has 0 atom stereocenters. The molecule has 0 saturated heterocycles. The number of pyridine rings is 1. The summed E-state index contributed by atoms with van der Waals surface area (Å²) in [5, 5.41) is 11.7. The normalized spacial score (nSPS) is 12.7. The Bertz CT molecular complexity index is 1860. The van der Waals surface area contributed by atoms with Gasteiger partial charge in [0, 0.05) is 0 Å². The Kier molecular flexibility index (Phi) is 6.28. The second-order valence-corrected chi connectivity index (χ2v) is 13.4. The van der Waals surface area contributed by atoms with E-state index < -0.39 is 5.60 Å². The molecule has 0 radical (unpaired) electrons. The van der Waals surface area contributed by atoms with E-state index in [0.717, 1.165) is 44.5 Å². The van der Waals surface area contributed by atoms with Crippen LogP contribution in [0.1, 0.15) is 25.0 Å². The van der Waals surface area contributed by atoms with Crippen molar-refractivity contribution in [1.82, 2.24) is 4.98 Å². The molecule has 1 aliphatic heterocycles. The van der Waals surface area contributed by atoms with E-state index in [9.17, 15) is 5.11 Å². The molecule has 0 spiro atoms. The van der Waals surface area contributed by atoms with Crippen molar-refractivity contribution in [2.45, 2.75) is 26.4 Å². The number of aliphatic hydroxyl groups is 1. The molecule has 6 aromatic rings. The monoisotopic (exact) mass is 598 g/mol. The standard InChI is InChI=1S/C37H30N2OSe/c1-24-15-17-26(18-16-24)30-23-29(25-19-21-27(22-20-25)37(2,3)40)28-9-8-12-33(36(28)38-30)39-31-10-4-6-13-34(31)41-35-14-7-5-11-32(35)39/h4-23,40H,1-3H3. The molecule has 0 amide bonds. The van der Waals surface area contributed by atoms with Gasteiger partial charge in [0.25, 0.3) is 0 Å². The molecule has 0 fully saturated rings. The average Bonchev–Trinajstić information content (AvgIpc) is 2.99. The third-order valence-corrected chi connectivity index (χ3v) is 10.1. The summed E-state index contributed by atoms with van der Waals surface area (Å²) in [6.07, 6.45) is 0. The zero-order chi connectivity index (χ0) is 28.1. The van der Waals surface area contributed by atoms with Gasteiger partial charge in [0.15, 0.2) is 0 Å². The van der Waals surface area contributed by atoms with Gasteiger partial charge in [-0.15, -0.1) is 0 Å². The van der Waals surface area contributed by atoms with Crippen LogP contribution in [-0.2, 0) is 5.60 Å². The molecule has 1 aromatic heterocycles. The summed E-state index contributed by atoms with van der Waals surface area (Å²) in [5.74, 6) is 0. The van der Waals surface area contributed by atoms with E-state index in [1.54, 1.807) is 0 Å². The van der Waals surface area contributed by atoms with Crippen molar-refractivity contribution < 1.29 is 5.11 Å². The Morgan fingerprint density at radius 2 is 1.24 bits per heavy atom. The number of anilines is 3. The van der Waals surface area contributed by atoms with Gasteiger partial charge < -0.3 is 5.11 Å². The van der Waals surface area contributed by atoms with Crippen molar-refractivity contribution in [2.75, 3.05) is 4.90 Å². The molecule has 3 nitrogen and oxygen atoms in total. The number of hydrogen-bond donors (Lipinski definition) is 1. The van der Waals surface area contributed by atoms with E-state index in [0.29, 0.717) is 0 Å². The van der Waals surface area contributed by atoms with Crippen molar-refractivity contribution in [3.05, 3.63) is 132 Å². The van der Waals surface area contributed by atoms with Crippen molar-refractivity contribution in [3.8, 4) is 22.4 Å². The zero-order valence-electron chi connectivity index (χ0n) is 23.3. The van der Waals surface area contributed by atoms with E-state index in [2.05, 4.69) is 121 Å². The van der Waals surface area contributed by atoms with Crippen LogP contribution < -0.4 is 13.8 Å². The van der Waals surface area contributed by atoms with Crippen LogP contribution in [-0.4, -0.2) is 25.0 Å². The summed E-state index contributed by atoms with van der Waals surface area (Å²) >= 11 is 0.238. The van der Waals surface area contributed by atoms with E-state index in [1.807, 2.05) is 26.0 Å². The predicted molar refractivity (Wildman–Crippen MR) is 172 cm³/mol. The van der Waals surface area contributed by atoms with Crippen LogP contribution in [0.5, 0.6) is 0 Å². The van der Waals surface area contributed by atoms with Crippen LogP contribution in [0, 0.1) is 6.92 Å². The third kappa shape index (κ3) is 4.65. The topological polar surface area (TPSA) is 36.4 Å². The number of aryl methyl sites for hydroxylation is 1. The van der Waals surface area contributed by atoms with Crippen LogP contribution in [0.2, 0.25) is 0 Å². The van der Waals surface area contributed by atoms with Crippen molar-refractivity contribution in [2.24, 2.45) is 0 Å². The van der Waals surface area contributed by atoms with Gasteiger partial charge >= 0.3 is 229 Å². The minimum atomic E-state index is -0.893. The molecule has 2 heterocycles. The van der Waals surface area contributed by atoms with Gasteiger partial charge in [-0.1, -0.05) is 0 Å². The summed E-state index contributed by atoms with van der Waals surface area (Å²) in [4.78, 5) is 7.76. The number of para-hydroxylation sites is 3. The number of hydrogen-bond acceptors (Lipinski definition) is 3. The number of aromatic nitrogens is 1. The number of fused-ring (bicyclic) bond motifs is 3. The van der Waals surface area contributed by atoms with Gasteiger partial charge in [-0.2, -0.15) is 0 Å². The molecule has 0 bridgehead atoms. The first kappa shape index (κ1) is 25.7. The first-order valence-corrected chi connectivity index (χ1v) is 15.6. The van der Waals surface area contributed by atoms with Crippen molar-refractivity contribution in [1.29, 1.82) is 0 Å². The molecule has 4 heteroatoms.